The average Bonchev–Trinajstić information content (AvgIpc) is 2.76. The minimum Gasteiger partial charge on any atom is -0.369 e. The number of hydrogen-bond acceptors (Lipinski definition) is 2. The van der Waals surface area contributed by atoms with E-state index in [1.807, 2.05) is 12.1 Å². The quantitative estimate of drug-likeness (QED) is 0.789. The van der Waals surface area contributed by atoms with Crippen molar-refractivity contribution in [2.45, 2.75) is 25.7 Å². The van der Waals surface area contributed by atoms with Crippen LogP contribution in [0.5, 0.6) is 0 Å². The van der Waals surface area contributed by atoms with Crippen molar-refractivity contribution < 1.29 is 0 Å². The topological polar surface area (TPSA) is 27.0 Å². The molecule has 0 bridgehead atoms. The number of anilines is 1. The van der Waals surface area contributed by atoms with Gasteiger partial charge in [-0.15, -0.1) is 0 Å². The van der Waals surface area contributed by atoms with Crippen LogP contribution in [-0.2, 0) is 0 Å². The van der Waals surface area contributed by atoms with Gasteiger partial charge in [-0.25, -0.2) is 0 Å². The van der Waals surface area contributed by atoms with Crippen LogP contribution >= 0.6 is 15.9 Å². The SMILES string of the molecule is N#Cc1ccc(N2CC3(CCCC3)C2)c(Br)c1. The zero-order chi connectivity index (χ0) is 11.9. The molecule has 1 aromatic carbocycles. The third-order valence-corrected chi connectivity index (χ3v) is 4.77. The Kier molecular flexibility index (Phi) is 2.63. The van der Waals surface area contributed by atoms with Gasteiger partial charge in [0, 0.05) is 23.0 Å². The highest BCUT2D eigenvalue weighted by atomic mass is 79.9. The molecular weight excluding hydrogens is 276 g/mol. The van der Waals surface area contributed by atoms with E-state index in [9.17, 15) is 0 Å². The van der Waals surface area contributed by atoms with Gasteiger partial charge in [-0.2, -0.15) is 5.26 Å². The minimum atomic E-state index is 0.618. The Balaban J connectivity index is 1.77. The molecular formula is C14H15BrN2. The van der Waals surface area contributed by atoms with Crippen molar-refractivity contribution in [1.29, 1.82) is 5.26 Å². The van der Waals surface area contributed by atoms with Crippen LogP contribution in [0.15, 0.2) is 22.7 Å². The van der Waals surface area contributed by atoms with Gasteiger partial charge >= 0.3 is 0 Å². The summed E-state index contributed by atoms with van der Waals surface area (Å²) in [5.41, 5.74) is 2.58. The van der Waals surface area contributed by atoms with Crippen LogP contribution in [0.4, 0.5) is 5.69 Å². The molecule has 0 radical (unpaired) electrons. The van der Waals surface area contributed by atoms with Crippen molar-refractivity contribution in [3.63, 3.8) is 0 Å². The van der Waals surface area contributed by atoms with E-state index in [1.54, 1.807) is 0 Å². The lowest BCUT2D eigenvalue weighted by molar-refractivity contribution is 0.222. The third-order valence-electron chi connectivity index (χ3n) is 4.13. The van der Waals surface area contributed by atoms with E-state index in [0.717, 1.165) is 10.0 Å². The molecule has 2 fully saturated rings. The standard InChI is InChI=1S/C14H15BrN2/c15-12-7-11(8-16)3-4-13(12)17-9-14(10-17)5-1-2-6-14/h3-4,7H,1-2,5-6,9-10H2. The molecule has 1 saturated heterocycles. The zero-order valence-electron chi connectivity index (χ0n) is 9.75. The second-order valence-electron chi connectivity index (χ2n) is 5.34. The maximum absolute atomic E-state index is 8.85. The highest BCUT2D eigenvalue weighted by molar-refractivity contribution is 9.10. The lowest BCUT2D eigenvalue weighted by atomic mass is 9.78. The van der Waals surface area contributed by atoms with E-state index in [0.29, 0.717) is 5.41 Å². The molecule has 0 unspecified atom stereocenters. The Morgan fingerprint density at radius 1 is 1.24 bits per heavy atom. The van der Waals surface area contributed by atoms with Gasteiger partial charge in [-0.3, -0.25) is 0 Å². The Morgan fingerprint density at radius 3 is 2.53 bits per heavy atom. The number of benzene rings is 1. The normalized spacial score (nSPS) is 21.3. The fraction of sp³-hybridized carbons (Fsp3) is 0.500. The van der Waals surface area contributed by atoms with Gasteiger partial charge in [0.1, 0.15) is 0 Å². The Bertz CT molecular complexity index is 475. The van der Waals surface area contributed by atoms with Crippen molar-refractivity contribution in [1.82, 2.24) is 0 Å². The summed E-state index contributed by atoms with van der Waals surface area (Å²) >= 11 is 3.57. The molecule has 1 spiro atoms. The molecule has 3 heteroatoms. The first-order chi connectivity index (χ1) is 8.22. The van der Waals surface area contributed by atoms with Crippen molar-refractivity contribution >= 4 is 21.6 Å². The largest absolute Gasteiger partial charge is 0.369 e. The van der Waals surface area contributed by atoms with Gasteiger partial charge in [-0.05, 0) is 47.0 Å². The van der Waals surface area contributed by atoms with Crippen LogP contribution in [0.25, 0.3) is 0 Å². The maximum Gasteiger partial charge on any atom is 0.0992 e. The van der Waals surface area contributed by atoms with Crippen LogP contribution in [0.2, 0.25) is 0 Å². The number of rotatable bonds is 1. The van der Waals surface area contributed by atoms with E-state index in [-0.39, 0.29) is 0 Å². The molecule has 0 amide bonds. The van der Waals surface area contributed by atoms with Gasteiger partial charge in [0.05, 0.1) is 17.3 Å². The van der Waals surface area contributed by atoms with E-state index >= 15 is 0 Å². The Morgan fingerprint density at radius 2 is 1.94 bits per heavy atom. The molecule has 0 aromatic heterocycles. The molecule has 2 nitrogen and oxygen atoms in total. The predicted molar refractivity (Wildman–Crippen MR) is 72.0 cm³/mol. The van der Waals surface area contributed by atoms with E-state index in [2.05, 4.69) is 33.0 Å². The second kappa shape index (κ2) is 4.03. The van der Waals surface area contributed by atoms with Gasteiger partial charge in [0.2, 0.25) is 0 Å². The number of nitriles is 1. The van der Waals surface area contributed by atoms with Gasteiger partial charge < -0.3 is 4.90 Å². The van der Waals surface area contributed by atoms with Crippen LogP contribution in [0, 0.1) is 16.7 Å². The summed E-state index contributed by atoms with van der Waals surface area (Å²) in [6.45, 7) is 2.38. The summed E-state index contributed by atoms with van der Waals surface area (Å²) in [6.07, 6.45) is 5.61. The fourth-order valence-electron chi connectivity index (χ4n) is 3.21. The fourth-order valence-corrected chi connectivity index (χ4v) is 3.84. The number of hydrogen-bond donors (Lipinski definition) is 0. The van der Waals surface area contributed by atoms with Gasteiger partial charge in [-0.1, -0.05) is 12.8 Å². The third kappa shape index (κ3) is 1.85. The zero-order valence-corrected chi connectivity index (χ0v) is 11.3. The van der Waals surface area contributed by atoms with Gasteiger partial charge in [0.15, 0.2) is 0 Å². The second-order valence-corrected chi connectivity index (χ2v) is 6.20. The molecule has 1 aromatic rings. The molecule has 2 aliphatic rings. The summed E-state index contributed by atoms with van der Waals surface area (Å²) in [5, 5.41) is 8.85. The molecule has 1 aliphatic carbocycles. The average molecular weight is 291 g/mol. The summed E-state index contributed by atoms with van der Waals surface area (Å²) < 4.78 is 1.05. The highest BCUT2D eigenvalue weighted by Gasteiger charge is 2.44. The van der Waals surface area contributed by atoms with Crippen LogP contribution in [0.1, 0.15) is 31.2 Å². The molecule has 0 N–H and O–H groups in total. The van der Waals surface area contributed by atoms with E-state index in [1.165, 1.54) is 44.5 Å². The van der Waals surface area contributed by atoms with Crippen LogP contribution in [0.3, 0.4) is 0 Å². The molecule has 1 heterocycles. The van der Waals surface area contributed by atoms with Crippen molar-refractivity contribution in [2.75, 3.05) is 18.0 Å². The first-order valence-corrected chi connectivity index (χ1v) is 6.96. The molecule has 1 saturated carbocycles. The maximum atomic E-state index is 8.85. The van der Waals surface area contributed by atoms with Crippen LogP contribution < -0.4 is 4.90 Å². The van der Waals surface area contributed by atoms with E-state index in [4.69, 9.17) is 5.26 Å². The minimum absolute atomic E-state index is 0.618. The lowest BCUT2D eigenvalue weighted by Gasteiger charge is -2.50. The smallest absolute Gasteiger partial charge is 0.0992 e. The molecule has 17 heavy (non-hydrogen) atoms. The number of halogens is 1. The van der Waals surface area contributed by atoms with Crippen molar-refractivity contribution in [2.24, 2.45) is 5.41 Å². The summed E-state index contributed by atoms with van der Waals surface area (Å²) in [6, 6.07) is 8.04. The first-order valence-electron chi connectivity index (χ1n) is 6.17. The summed E-state index contributed by atoms with van der Waals surface area (Å²) in [4.78, 5) is 2.43. The summed E-state index contributed by atoms with van der Waals surface area (Å²) in [7, 11) is 0. The summed E-state index contributed by atoms with van der Waals surface area (Å²) in [5.74, 6) is 0. The van der Waals surface area contributed by atoms with Crippen molar-refractivity contribution in [3.8, 4) is 6.07 Å². The van der Waals surface area contributed by atoms with Gasteiger partial charge in [0.25, 0.3) is 0 Å². The predicted octanol–water partition coefficient (Wildman–Crippen LogP) is 3.70. The van der Waals surface area contributed by atoms with Crippen LogP contribution in [-0.4, -0.2) is 13.1 Å². The molecule has 1 aliphatic heterocycles. The lowest BCUT2D eigenvalue weighted by Crippen LogP contribution is -2.55. The number of nitrogens with zero attached hydrogens (tertiary/aromatic N) is 2. The van der Waals surface area contributed by atoms with E-state index < -0.39 is 0 Å². The monoisotopic (exact) mass is 290 g/mol. The Labute approximate surface area is 110 Å². The Hall–Kier alpha value is -1.01. The van der Waals surface area contributed by atoms with Crippen molar-refractivity contribution in [3.05, 3.63) is 28.2 Å². The first kappa shape index (κ1) is 11.1. The highest BCUT2D eigenvalue weighted by Crippen LogP contribution is 2.48. The molecule has 3 rings (SSSR count). The molecule has 88 valence electrons. The molecule has 0 atom stereocenters.